The maximum atomic E-state index is 14.0. The number of anilines is 1. The van der Waals surface area contributed by atoms with Crippen LogP contribution in [0.25, 0.3) is 0 Å². The van der Waals surface area contributed by atoms with Crippen molar-refractivity contribution in [3.05, 3.63) is 29.6 Å². The molecule has 19 heavy (non-hydrogen) atoms. The van der Waals surface area contributed by atoms with Crippen molar-refractivity contribution in [3.8, 4) is 0 Å². The van der Waals surface area contributed by atoms with Gasteiger partial charge in [0.2, 0.25) is 0 Å². The van der Waals surface area contributed by atoms with Gasteiger partial charge in [-0.3, -0.25) is 0 Å². The normalized spacial score (nSPS) is 17.7. The van der Waals surface area contributed by atoms with Gasteiger partial charge in [0.15, 0.2) is 0 Å². The summed E-state index contributed by atoms with van der Waals surface area (Å²) in [5.74, 6) is 0.629. The van der Waals surface area contributed by atoms with Gasteiger partial charge >= 0.3 is 0 Å². The third kappa shape index (κ3) is 3.69. The predicted octanol–water partition coefficient (Wildman–Crippen LogP) is 3.34. The summed E-state index contributed by atoms with van der Waals surface area (Å²) in [5.41, 5.74) is 7.61. The number of nitrogens with zero attached hydrogens (tertiary/aromatic N) is 1. The summed E-state index contributed by atoms with van der Waals surface area (Å²) in [4.78, 5) is 2.21. The quantitative estimate of drug-likeness (QED) is 0.883. The van der Waals surface area contributed by atoms with Gasteiger partial charge in [0.25, 0.3) is 0 Å². The van der Waals surface area contributed by atoms with E-state index >= 15 is 0 Å². The first-order valence-corrected chi connectivity index (χ1v) is 7.32. The fraction of sp³-hybridized carbons (Fsp3) is 0.625. The number of benzene rings is 1. The van der Waals surface area contributed by atoms with E-state index in [9.17, 15) is 4.39 Å². The van der Waals surface area contributed by atoms with Crippen LogP contribution in [-0.4, -0.2) is 19.6 Å². The first kappa shape index (κ1) is 14.3. The van der Waals surface area contributed by atoms with Gasteiger partial charge in [0, 0.05) is 30.9 Å². The number of nitrogens with two attached hydrogens (primary N) is 1. The standard InChI is InChI=1S/C16H25FN2/c1-12(18)10-14-15(17)8-5-9-16(14)19(2)11-13-6-3-4-7-13/h5,8-9,12-13H,3-4,6-7,10-11,18H2,1-2H3. The molecule has 1 unspecified atom stereocenters. The van der Waals surface area contributed by atoms with E-state index in [1.54, 1.807) is 6.07 Å². The molecule has 1 aliphatic carbocycles. The average molecular weight is 264 g/mol. The van der Waals surface area contributed by atoms with E-state index in [0.717, 1.165) is 23.7 Å². The molecule has 0 amide bonds. The third-order valence-corrected chi connectivity index (χ3v) is 4.04. The number of rotatable bonds is 5. The lowest BCUT2D eigenvalue weighted by molar-refractivity contribution is 0.542. The summed E-state index contributed by atoms with van der Waals surface area (Å²) in [6.45, 7) is 2.95. The van der Waals surface area contributed by atoms with Crippen LogP contribution in [0.5, 0.6) is 0 Å². The van der Waals surface area contributed by atoms with E-state index in [-0.39, 0.29) is 11.9 Å². The first-order valence-electron chi connectivity index (χ1n) is 7.32. The number of hydrogen-bond donors (Lipinski definition) is 1. The molecule has 1 saturated carbocycles. The maximum absolute atomic E-state index is 14.0. The molecule has 2 nitrogen and oxygen atoms in total. The highest BCUT2D eigenvalue weighted by atomic mass is 19.1. The van der Waals surface area contributed by atoms with E-state index < -0.39 is 0 Å². The second-order valence-electron chi connectivity index (χ2n) is 5.95. The van der Waals surface area contributed by atoms with Crippen LogP contribution in [0.2, 0.25) is 0 Å². The Labute approximate surface area is 115 Å². The van der Waals surface area contributed by atoms with E-state index in [1.165, 1.54) is 31.7 Å². The van der Waals surface area contributed by atoms with Gasteiger partial charge < -0.3 is 10.6 Å². The van der Waals surface area contributed by atoms with Gasteiger partial charge in [-0.1, -0.05) is 18.9 Å². The van der Waals surface area contributed by atoms with Gasteiger partial charge in [-0.05, 0) is 44.2 Å². The van der Waals surface area contributed by atoms with Crippen LogP contribution in [0.3, 0.4) is 0 Å². The summed E-state index contributed by atoms with van der Waals surface area (Å²) >= 11 is 0. The lowest BCUT2D eigenvalue weighted by atomic mass is 10.0. The van der Waals surface area contributed by atoms with Crippen LogP contribution in [0.4, 0.5) is 10.1 Å². The van der Waals surface area contributed by atoms with Gasteiger partial charge in [0.05, 0.1) is 0 Å². The highest BCUT2D eigenvalue weighted by Gasteiger charge is 2.19. The zero-order valence-electron chi connectivity index (χ0n) is 12.0. The largest absolute Gasteiger partial charge is 0.374 e. The van der Waals surface area contributed by atoms with Gasteiger partial charge in [-0.2, -0.15) is 0 Å². The molecule has 106 valence electrons. The molecule has 1 aliphatic rings. The van der Waals surface area contributed by atoms with Gasteiger partial charge in [-0.15, -0.1) is 0 Å². The lowest BCUT2D eigenvalue weighted by Crippen LogP contribution is -2.27. The minimum atomic E-state index is -0.131. The third-order valence-electron chi connectivity index (χ3n) is 4.04. The molecule has 1 aromatic rings. The zero-order valence-corrected chi connectivity index (χ0v) is 12.0. The van der Waals surface area contributed by atoms with Crippen LogP contribution in [-0.2, 0) is 6.42 Å². The van der Waals surface area contributed by atoms with E-state index in [2.05, 4.69) is 11.9 Å². The van der Waals surface area contributed by atoms with Crippen molar-refractivity contribution in [2.24, 2.45) is 11.7 Å². The van der Waals surface area contributed by atoms with Crippen LogP contribution >= 0.6 is 0 Å². The van der Waals surface area contributed by atoms with Gasteiger partial charge in [-0.25, -0.2) is 4.39 Å². The van der Waals surface area contributed by atoms with Crippen molar-refractivity contribution < 1.29 is 4.39 Å². The molecule has 2 rings (SSSR count). The summed E-state index contributed by atoms with van der Waals surface area (Å²) < 4.78 is 14.0. The molecular formula is C16H25FN2. The molecule has 2 N–H and O–H groups in total. The SMILES string of the molecule is CC(N)Cc1c(F)cccc1N(C)CC1CCCC1. The minimum absolute atomic E-state index is 0.0180. The highest BCUT2D eigenvalue weighted by molar-refractivity contribution is 5.54. The first-order chi connectivity index (χ1) is 9.08. The van der Waals surface area contributed by atoms with Crippen molar-refractivity contribution >= 4 is 5.69 Å². The summed E-state index contributed by atoms with van der Waals surface area (Å²) in [6.07, 6.45) is 5.89. The Balaban J connectivity index is 2.14. The highest BCUT2D eigenvalue weighted by Crippen LogP contribution is 2.29. The molecular weight excluding hydrogens is 239 g/mol. The predicted molar refractivity (Wildman–Crippen MR) is 79.0 cm³/mol. The van der Waals surface area contributed by atoms with Crippen LogP contribution < -0.4 is 10.6 Å². The molecule has 0 radical (unpaired) electrons. The summed E-state index contributed by atoms with van der Waals surface area (Å²) in [7, 11) is 2.07. The van der Waals surface area contributed by atoms with Gasteiger partial charge in [0.1, 0.15) is 5.82 Å². The Hall–Kier alpha value is -1.09. The zero-order chi connectivity index (χ0) is 13.8. The molecule has 0 aromatic heterocycles. The second kappa shape index (κ2) is 6.38. The molecule has 1 atom stereocenters. The maximum Gasteiger partial charge on any atom is 0.128 e. The Morgan fingerprint density at radius 1 is 1.37 bits per heavy atom. The fourth-order valence-electron chi connectivity index (χ4n) is 3.11. The second-order valence-corrected chi connectivity index (χ2v) is 5.95. The topological polar surface area (TPSA) is 29.3 Å². The Kier molecular flexibility index (Phi) is 4.81. The number of hydrogen-bond acceptors (Lipinski definition) is 2. The van der Waals surface area contributed by atoms with Crippen molar-refractivity contribution in [2.45, 2.75) is 45.1 Å². The van der Waals surface area contributed by atoms with Crippen molar-refractivity contribution in [3.63, 3.8) is 0 Å². The molecule has 1 aromatic carbocycles. The fourth-order valence-corrected chi connectivity index (χ4v) is 3.11. The van der Waals surface area contributed by atoms with Crippen LogP contribution in [0.15, 0.2) is 18.2 Å². The van der Waals surface area contributed by atoms with E-state index in [0.29, 0.717) is 6.42 Å². The van der Waals surface area contributed by atoms with Crippen LogP contribution in [0.1, 0.15) is 38.2 Å². The lowest BCUT2D eigenvalue weighted by Gasteiger charge is -2.26. The molecule has 0 spiro atoms. The minimum Gasteiger partial charge on any atom is -0.374 e. The molecule has 0 aliphatic heterocycles. The van der Waals surface area contributed by atoms with Crippen molar-refractivity contribution in [1.82, 2.24) is 0 Å². The average Bonchev–Trinajstić information content (AvgIpc) is 2.84. The number of halogens is 1. The Bertz CT molecular complexity index is 411. The summed E-state index contributed by atoms with van der Waals surface area (Å²) in [5, 5.41) is 0. The van der Waals surface area contributed by atoms with E-state index in [4.69, 9.17) is 5.73 Å². The molecule has 1 fully saturated rings. The Morgan fingerprint density at radius 3 is 2.68 bits per heavy atom. The molecule has 0 saturated heterocycles. The molecule has 0 heterocycles. The monoisotopic (exact) mass is 264 g/mol. The molecule has 3 heteroatoms. The van der Waals surface area contributed by atoms with Crippen LogP contribution in [0, 0.1) is 11.7 Å². The molecule has 0 bridgehead atoms. The van der Waals surface area contributed by atoms with Crippen molar-refractivity contribution in [2.75, 3.05) is 18.5 Å². The van der Waals surface area contributed by atoms with Crippen molar-refractivity contribution in [1.29, 1.82) is 0 Å². The smallest absolute Gasteiger partial charge is 0.128 e. The summed E-state index contributed by atoms with van der Waals surface area (Å²) in [6, 6.07) is 5.32. The van der Waals surface area contributed by atoms with E-state index in [1.807, 2.05) is 13.0 Å². The Morgan fingerprint density at radius 2 is 2.05 bits per heavy atom.